The maximum absolute atomic E-state index is 14.1. The van der Waals surface area contributed by atoms with E-state index in [4.69, 9.17) is 0 Å². The minimum absolute atomic E-state index is 0.159. The lowest BCUT2D eigenvalue weighted by Gasteiger charge is -2.00. The predicted molar refractivity (Wildman–Crippen MR) is 75.0 cm³/mol. The Hall–Kier alpha value is -2.15. The summed E-state index contributed by atoms with van der Waals surface area (Å²) in [7, 11) is 0. The first-order chi connectivity index (χ1) is 8.75. The van der Waals surface area contributed by atoms with E-state index in [1.807, 2.05) is 48.5 Å². The number of rotatable bonds is 0. The van der Waals surface area contributed by atoms with E-state index >= 15 is 0 Å². The van der Waals surface area contributed by atoms with Gasteiger partial charge in [-0.2, -0.15) is 0 Å². The first-order valence-corrected chi connectivity index (χ1v) is 6.00. The van der Waals surface area contributed by atoms with Crippen molar-refractivity contribution < 1.29 is 4.39 Å². The molecule has 3 aromatic carbocycles. The van der Waals surface area contributed by atoms with Crippen molar-refractivity contribution in [2.24, 2.45) is 0 Å². The Balaban J connectivity index is 2.55. The number of benzene rings is 2. The van der Waals surface area contributed by atoms with Gasteiger partial charge in [-0.25, -0.2) is 4.39 Å². The van der Waals surface area contributed by atoms with Crippen LogP contribution in [0, 0.1) is 12.7 Å². The van der Waals surface area contributed by atoms with E-state index in [0.29, 0.717) is 10.8 Å². The molecule has 0 aromatic heterocycles. The van der Waals surface area contributed by atoms with Crippen LogP contribution >= 0.6 is 0 Å². The quantitative estimate of drug-likeness (QED) is 0.515. The molecule has 3 aromatic rings. The number of hydrogen-bond acceptors (Lipinski definition) is 0. The monoisotopic (exact) mass is 236 g/mol. The van der Waals surface area contributed by atoms with Crippen LogP contribution in [-0.2, 0) is 0 Å². The number of fused-ring (bicyclic) bond motifs is 4. The average molecular weight is 236 g/mol. The van der Waals surface area contributed by atoms with E-state index in [1.165, 1.54) is 5.56 Å². The summed E-state index contributed by atoms with van der Waals surface area (Å²) in [5, 5.41) is 3.51. The molecule has 0 atom stereocenters. The van der Waals surface area contributed by atoms with Crippen molar-refractivity contribution in [3.8, 4) is 0 Å². The van der Waals surface area contributed by atoms with E-state index < -0.39 is 0 Å². The Labute approximate surface area is 105 Å². The van der Waals surface area contributed by atoms with Crippen LogP contribution in [0.2, 0.25) is 0 Å². The fourth-order valence-corrected chi connectivity index (χ4v) is 2.22. The molecule has 0 radical (unpaired) electrons. The summed E-state index contributed by atoms with van der Waals surface area (Å²) in [5.74, 6) is -0.159. The lowest BCUT2D eigenvalue weighted by atomic mass is 10.1. The summed E-state index contributed by atoms with van der Waals surface area (Å²) < 4.78 is 14.1. The molecule has 3 rings (SSSR count). The van der Waals surface area contributed by atoms with Gasteiger partial charge in [-0.1, -0.05) is 60.7 Å². The van der Waals surface area contributed by atoms with E-state index in [-0.39, 0.29) is 5.82 Å². The molecule has 0 aliphatic carbocycles. The summed E-state index contributed by atoms with van der Waals surface area (Å²) >= 11 is 0. The third-order valence-corrected chi connectivity index (χ3v) is 3.36. The summed E-state index contributed by atoms with van der Waals surface area (Å²) in [4.78, 5) is 0. The lowest BCUT2D eigenvalue weighted by molar-refractivity contribution is 0.650. The zero-order chi connectivity index (χ0) is 12.5. The molecule has 0 aliphatic heterocycles. The SMILES string of the molecule is Cc1c2cccc1ccc1cccc(cc2)c1F. The van der Waals surface area contributed by atoms with Crippen LogP contribution in [0.1, 0.15) is 5.56 Å². The van der Waals surface area contributed by atoms with Crippen molar-refractivity contribution in [2.75, 3.05) is 0 Å². The van der Waals surface area contributed by atoms with Gasteiger partial charge in [0.2, 0.25) is 0 Å². The molecular weight excluding hydrogens is 223 g/mol. The number of hydrogen-bond donors (Lipinski definition) is 0. The van der Waals surface area contributed by atoms with Gasteiger partial charge < -0.3 is 0 Å². The average Bonchev–Trinajstić information content (AvgIpc) is 2.38. The van der Waals surface area contributed by atoms with E-state index in [2.05, 4.69) is 6.92 Å². The molecule has 0 spiro atoms. The molecule has 0 heterocycles. The van der Waals surface area contributed by atoms with Crippen LogP contribution in [0.4, 0.5) is 4.39 Å². The molecule has 0 amide bonds. The second kappa shape index (κ2) is 4.26. The Morgan fingerprint density at radius 2 is 1.00 bits per heavy atom. The minimum atomic E-state index is -0.159. The number of halogens is 1. The highest BCUT2D eigenvalue weighted by atomic mass is 19.1. The molecule has 0 nitrogen and oxygen atoms in total. The van der Waals surface area contributed by atoms with Crippen LogP contribution in [0.3, 0.4) is 0 Å². The first kappa shape index (κ1) is 11.0. The maximum atomic E-state index is 14.1. The third kappa shape index (κ3) is 1.78. The van der Waals surface area contributed by atoms with Gasteiger partial charge in [0.1, 0.15) is 5.82 Å². The Kier molecular flexibility index (Phi) is 2.60. The summed E-state index contributed by atoms with van der Waals surface area (Å²) in [6.07, 6.45) is 0. The number of aryl methyl sites for hydroxylation is 1. The largest absolute Gasteiger partial charge is 0.206 e. The molecule has 0 N–H and O–H groups in total. The molecule has 0 saturated carbocycles. The molecule has 0 fully saturated rings. The van der Waals surface area contributed by atoms with Gasteiger partial charge in [0.25, 0.3) is 0 Å². The summed E-state index contributed by atoms with van der Waals surface area (Å²) in [6, 6.07) is 19.2. The van der Waals surface area contributed by atoms with Crippen LogP contribution in [0.15, 0.2) is 60.7 Å². The minimum Gasteiger partial charge on any atom is -0.206 e. The molecule has 0 aliphatic rings. The van der Waals surface area contributed by atoms with Gasteiger partial charge in [0.05, 0.1) is 0 Å². The van der Waals surface area contributed by atoms with Crippen LogP contribution in [0.5, 0.6) is 0 Å². The highest BCUT2D eigenvalue weighted by molar-refractivity contribution is 5.78. The highest BCUT2D eigenvalue weighted by Crippen LogP contribution is 2.19. The van der Waals surface area contributed by atoms with Crippen molar-refractivity contribution in [3.63, 3.8) is 0 Å². The summed E-state index contributed by atoms with van der Waals surface area (Å²) in [6.45, 7) is 2.09. The molecule has 0 saturated heterocycles. The van der Waals surface area contributed by atoms with Crippen LogP contribution in [-0.4, -0.2) is 0 Å². The summed E-state index contributed by atoms with van der Waals surface area (Å²) in [5.41, 5.74) is 1.22. The molecular formula is C17H13F. The second-order valence-electron chi connectivity index (χ2n) is 4.48. The molecule has 4 bridgehead atoms. The Bertz CT molecular complexity index is 634. The van der Waals surface area contributed by atoms with Crippen LogP contribution in [0.25, 0.3) is 21.5 Å². The van der Waals surface area contributed by atoms with Gasteiger partial charge >= 0.3 is 0 Å². The van der Waals surface area contributed by atoms with Crippen molar-refractivity contribution in [2.45, 2.75) is 6.92 Å². The van der Waals surface area contributed by atoms with Gasteiger partial charge in [-0.15, -0.1) is 0 Å². The standard InChI is InChI=1S/C17H13F/c1-12-13-4-2-5-14(12)9-11-16-7-3-6-15(10-8-13)17(16)18/h2-11H,1H3. The third-order valence-electron chi connectivity index (χ3n) is 3.36. The Morgan fingerprint density at radius 3 is 1.50 bits per heavy atom. The molecule has 18 heavy (non-hydrogen) atoms. The van der Waals surface area contributed by atoms with E-state index in [1.54, 1.807) is 12.1 Å². The van der Waals surface area contributed by atoms with Gasteiger partial charge in [0, 0.05) is 10.8 Å². The molecule has 88 valence electrons. The molecule has 1 heteroatoms. The van der Waals surface area contributed by atoms with Crippen molar-refractivity contribution in [1.29, 1.82) is 0 Å². The van der Waals surface area contributed by atoms with Gasteiger partial charge in [0.15, 0.2) is 0 Å². The maximum Gasteiger partial charge on any atom is 0.137 e. The van der Waals surface area contributed by atoms with Gasteiger partial charge in [-0.05, 0) is 23.3 Å². The fourth-order valence-electron chi connectivity index (χ4n) is 2.22. The van der Waals surface area contributed by atoms with Crippen molar-refractivity contribution in [1.82, 2.24) is 0 Å². The fraction of sp³-hybridized carbons (Fsp3) is 0.0588. The predicted octanol–water partition coefficient (Wildman–Crippen LogP) is 5.00. The van der Waals surface area contributed by atoms with E-state index in [9.17, 15) is 4.39 Å². The smallest absolute Gasteiger partial charge is 0.137 e. The normalized spacial score (nSPS) is 10.8. The zero-order valence-corrected chi connectivity index (χ0v) is 10.2. The zero-order valence-electron chi connectivity index (χ0n) is 10.2. The highest BCUT2D eigenvalue weighted by Gasteiger charge is 1.98. The lowest BCUT2D eigenvalue weighted by Crippen LogP contribution is -1.79. The van der Waals surface area contributed by atoms with Crippen molar-refractivity contribution >= 4 is 21.5 Å². The van der Waals surface area contributed by atoms with Gasteiger partial charge in [-0.3, -0.25) is 0 Å². The topological polar surface area (TPSA) is 0 Å². The Morgan fingerprint density at radius 1 is 0.611 bits per heavy atom. The van der Waals surface area contributed by atoms with Crippen LogP contribution < -0.4 is 0 Å². The van der Waals surface area contributed by atoms with Crippen molar-refractivity contribution in [3.05, 3.63) is 72.0 Å². The first-order valence-electron chi connectivity index (χ1n) is 6.00. The second-order valence-corrected chi connectivity index (χ2v) is 4.48. The van der Waals surface area contributed by atoms with E-state index in [0.717, 1.165) is 10.8 Å². The molecule has 0 unspecified atom stereocenters.